The van der Waals surface area contributed by atoms with Crippen molar-refractivity contribution in [1.29, 1.82) is 0 Å². The lowest BCUT2D eigenvalue weighted by Gasteiger charge is -2.39. The molecule has 2 saturated carbocycles. The highest BCUT2D eigenvalue weighted by Gasteiger charge is 2.35. The summed E-state index contributed by atoms with van der Waals surface area (Å²) in [6, 6.07) is 4.22. The number of aliphatic hydroxyl groups excluding tert-OH is 1. The molecule has 0 spiro atoms. The molecule has 4 aliphatic rings. The SMILES string of the molecule is O=C([C@H]1CC[C@@H](n2c(Nc3ccc(F)cc3F)nc3cnc(N[C@H]4CC[C@H](O)CC4)nc32)CC1)N1CCC(N2CCCC2)CC1. The number of anilines is 3. The lowest BCUT2D eigenvalue weighted by atomic mass is 9.84. The Labute approximate surface area is 262 Å². The van der Waals surface area contributed by atoms with Gasteiger partial charge in [-0.3, -0.25) is 9.36 Å². The van der Waals surface area contributed by atoms with Crippen molar-refractivity contribution in [2.75, 3.05) is 36.8 Å². The van der Waals surface area contributed by atoms with Crippen molar-refractivity contribution in [3.63, 3.8) is 0 Å². The Morgan fingerprint density at radius 2 is 1.60 bits per heavy atom. The molecule has 0 atom stereocenters. The highest BCUT2D eigenvalue weighted by atomic mass is 19.1. The van der Waals surface area contributed by atoms with E-state index in [9.17, 15) is 18.7 Å². The van der Waals surface area contributed by atoms with Crippen molar-refractivity contribution in [3.05, 3.63) is 36.0 Å². The first-order chi connectivity index (χ1) is 21.9. The van der Waals surface area contributed by atoms with Gasteiger partial charge in [-0.15, -0.1) is 0 Å². The zero-order chi connectivity index (χ0) is 30.9. The number of imidazole rings is 1. The smallest absolute Gasteiger partial charge is 0.225 e. The molecular formula is C33H44F2N8O2. The third-order valence-electron chi connectivity index (χ3n) is 10.5. The summed E-state index contributed by atoms with van der Waals surface area (Å²) in [5.74, 6) is -0.163. The van der Waals surface area contributed by atoms with Gasteiger partial charge in [0.25, 0.3) is 0 Å². The van der Waals surface area contributed by atoms with E-state index in [0.29, 0.717) is 29.1 Å². The fourth-order valence-electron chi connectivity index (χ4n) is 7.91. The number of halogens is 2. The quantitative estimate of drug-likeness (QED) is 0.322. The minimum absolute atomic E-state index is 0.00108. The Morgan fingerprint density at radius 1 is 0.867 bits per heavy atom. The standard InChI is InChI=1S/C33H44F2N8O2/c34-22-5-12-28(27(35)19-22)38-33-39-29-20-36-32(37-23-6-10-26(44)11-7-23)40-30(29)43(33)25-8-3-21(4-9-25)31(45)42-17-13-24(14-18-42)41-15-1-2-16-41/h5,12,19-21,23-26,44H,1-4,6-11,13-18H2,(H,38,39)(H,36,37,40)/t21-,23-,25+,26-. The van der Waals surface area contributed by atoms with Crippen LogP contribution in [0.25, 0.3) is 11.2 Å². The lowest BCUT2D eigenvalue weighted by Crippen LogP contribution is -2.48. The van der Waals surface area contributed by atoms with E-state index in [1.54, 1.807) is 6.20 Å². The van der Waals surface area contributed by atoms with Gasteiger partial charge in [-0.2, -0.15) is 4.98 Å². The number of carbonyl (C=O) groups is 1. The second-order valence-electron chi connectivity index (χ2n) is 13.4. The number of piperidine rings is 1. The Morgan fingerprint density at radius 3 is 2.31 bits per heavy atom. The summed E-state index contributed by atoms with van der Waals surface area (Å²) >= 11 is 0. The molecule has 0 unspecified atom stereocenters. The van der Waals surface area contributed by atoms with Crippen LogP contribution in [0.2, 0.25) is 0 Å². The van der Waals surface area contributed by atoms with E-state index in [2.05, 4.69) is 25.4 Å². The summed E-state index contributed by atoms with van der Waals surface area (Å²) in [6.45, 7) is 4.08. The van der Waals surface area contributed by atoms with E-state index in [0.717, 1.165) is 83.4 Å². The minimum Gasteiger partial charge on any atom is -0.393 e. The molecular weight excluding hydrogens is 578 g/mol. The molecule has 4 fully saturated rings. The van der Waals surface area contributed by atoms with Gasteiger partial charge in [0.05, 0.1) is 18.0 Å². The number of nitrogens with zero attached hydrogens (tertiary/aromatic N) is 6. The number of aromatic nitrogens is 4. The fourth-order valence-corrected chi connectivity index (χ4v) is 7.91. The second kappa shape index (κ2) is 13.2. The maximum absolute atomic E-state index is 14.7. The molecule has 1 amide bonds. The van der Waals surface area contributed by atoms with E-state index in [4.69, 9.17) is 9.97 Å². The van der Waals surface area contributed by atoms with Crippen LogP contribution in [-0.2, 0) is 4.79 Å². The number of benzene rings is 1. The summed E-state index contributed by atoms with van der Waals surface area (Å²) < 4.78 is 30.4. The molecule has 2 saturated heterocycles. The molecule has 45 heavy (non-hydrogen) atoms. The fraction of sp³-hybridized carbons (Fsp3) is 0.636. The van der Waals surface area contributed by atoms with Crippen LogP contribution < -0.4 is 10.6 Å². The average molecular weight is 623 g/mol. The first-order valence-electron chi connectivity index (χ1n) is 16.9. The van der Waals surface area contributed by atoms with Crippen molar-refractivity contribution >= 4 is 34.7 Å². The molecule has 3 aromatic rings. The van der Waals surface area contributed by atoms with E-state index < -0.39 is 11.6 Å². The molecule has 12 heteroatoms. The summed E-state index contributed by atoms with van der Waals surface area (Å²) in [6.07, 6.45) is 12.4. The molecule has 2 aliphatic carbocycles. The maximum atomic E-state index is 14.7. The van der Waals surface area contributed by atoms with Gasteiger partial charge in [0.1, 0.15) is 17.2 Å². The van der Waals surface area contributed by atoms with Crippen LogP contribution in [0.15, 0.2) is 24.4 Å². The van der Waals surface area contributed by atoms with Crippen LogP contribution in [0.3, 0.4) is 0 Å². The predicted octanol–water partition coefficient (Wildman–Crippen LogP) is 5.38. The van der Waals surface area contributed by atoms with E-state index in [1.807, 2.05) is 4.57 Å². The zero-order valence-electron chi connectivity index (χ0n) is 25.8. The molecule has 2 aliphatic heterocycles. The van der Waals surface area contributed by atoms with Gasteiger partial charge >= 0.3 is 0 Å². The van der Waals surface area contributed by atoms with Gasteiger partial charge in [-0.25, -0.2) is 18.7 Å². The molecule has 2 aromatic heterocycles. The Bertz CT molecular complexity index is 1490. The van der Waals surface area contributed by atoms with Gasteiger partial charge in [0.15, 0.2) is 5.65 Å². The van der Waals surface area contributed by atoms with Gasteiger partial charge < -0.3 is 25.5 Å². The van der Waals surface area contributed by atoms with Crippen molar-refractivity contribution in [2.24, 2.45) is 5.92 Å². The van der Waals surface area contributed by atoms with Gasteiger partial charge in [-0.1, -0.05) is 0 Å². The number of carbonyl (C=O) groups excluding carboxylic acids is 1. The topological polar surface area (TPSA) is 111 Å². The summed E-state index contributed by atoms with van der Waals surface area (Å²) in [4.78, 5) is 32.4. The number of hydrogen-bond donors (Lipinski definition) is 3. The molecule has 242 valence electrons. The first-order valence-corrected chi connectivity index (χ1v) is 16.9. The van der Waals surface area contributed by atoms with Crippen LogP contribution >= 0.6 is 0 Å². The Hall–Kier alpha value is -3.38. The maximum Gasteiger partial charge on any atom is 0.225 e. The second-order valence-corrected chi connectivity index (χ2v) is 13.4. The molecule has 0 radical (unpaired) electrons. The zero-order valence-corrected chi connectivity index (χ0v) is 25.8. The number of likely N-dealkylation sites (tertiary alicyclic amines) is 2. The molecule has 4 heterocycles. The van der Waals surface area contributed by atoms with Crippen molar-refractivity contribution in [1.82, 2.24) is 29.3 Å². The first kappa shape index (κ1) is 30.3. The monoisotopic (exact) mass is 622 g/mol. The van der Waals surface area contributed by atoms with Crippen LogP contribution in [0.5, 0.6) is 0 Å². The third-order valence-corrected chi connectivity index (χ3v) is 10.5. The number of aliphatic hydroxyl groups is 1. The number of nitrogens with one attached hydrogen (secondary N) is 2. The van der Waals surface area contributed by atoms with Gasteiger partial charge in [0.2, 0.25) is 17.8 Å². The van der Waals surface area contributed by atoms with E-state index in [1.165, 1.54) is 38.1 Å². The minimum atomic E-state index is -0.704. The van der Waals surface area contributed by atoms with Crippen LogP contribution in [-0.4, -0.2) is 84.7 Å². The lowest BCUT2D eigenvalue weighted by molar-refractivity contribution is -0.138. The molecule has 3 N–H and O–H groups in total. The largest absolute Gasteiger partial charge is 0.393 e. The number of amides is 1. The van der Waals surface area contributed by atoms with Crippen molar-refractivity contribution < 1.29 is 18.7 Å². The summed E-state index contributed by atoms with van der Waals surface area (Å²) in [7, 11) is 0. The molecule has 1 aromatic carbocycles. The van der Waals surface area contributed by atoms with Crippen molar-refractivity contribution in [2.45, 2.75) is 101 Å². The predicted molar refractivity (Wildman–Crippen MR) is 168 cm³/mol. The summed E-state index contributed by atoms with van der Waals surface area (Å²) in [5.41, 5.74) is 1.33. The highest BCUT2D eigenvalue weighted by Crippen LogP contribution is 2.38. The Balaban J connectivity index is 1.08. The number of hydrogen-bond acceptors (Lipinski definition) is 8. The van der Waals surface area contributed by atoms with E-state index >= 15 is 0 Å². The number of rotatable bonds is 7. The van der Waals surface area contributed by atoms with Gasteiger partial charge in [-0.05, 0) is 102 Å². The molecule has 7 rings (SSSR count). The van der Waals surface area contributed by atoms with Gasteiger partial charge in [0, 0.05) is 43.2 Å². The molecule has 10 nitrogen and oxygen atoms in total. The number of fused-ring (bicyclic) bond motifs is 1. The Kier molecular flexibility index (Phi) is 8.85. The average Bonchev–Trinajstić information content (AvgIpc) is 3.72. The summed E-state index contributed by atoms with van der Waals surface area (Å²) in [5, 5.41) is 16.4. The van der Waals surface area contributed by atoms with Crippen LogP contribution in [0.1, 0.15) is 83.1 Å². The molecule has 0 bridgehead atoms. The third kappa shape index (κ3) is 6.63. The van der Waals surface area contributed by atoms with Crippen molar-refractivity contribution in [3.8, 4) is 0 Å². The van der Waals surface area contributed by atoms with E-state index in [-0.39, 0.29) is 35.7 Å². The van der Waals surface area contributed by atoms with Crippen LogP contribution in [0.4, 0.5) is 26.4 Å². The normalized spacial score (nSPS) is 26.8. The highest BCUT2D eigenvalue weighted by molar-refractivity contribution is 5.79. The van der Waals surface area contributed by atoms with Crippen LogP contribution in [0, 0.1) is 17.6 Å².